The lowest BCUT2D eigenvalue weighted by Crippen LogP contribution is -2.65. The van der Waals surface area contributed by atoms with Crippen molar-refractivity contribution in [2.75, 3.05) is 6.54 Å². The van der Waals surface area contributed by atoms with Gasteiger partial charge in [-0.2, -0.15) is 5.10 Å². The van der Waals surface area contributed by atoms with E-state index in [4.69, 9.17) is 16.3 Å². The van der Waals surface area contributed by atoms with Gasteiger partial charge < -0.3 is 15.0 Å². The molecular formula is C21H28ClN5O3. The maximum atomic E-state index is 13.2. The molecule has 0 radical (unpaired) electrons. The van der Waals surface area contributed by atoms with E-state index in [9.17, 15) is 9.59 Å². The minimum Gasteiger partial charge on any atom is -0.466 e. The van der Waals surface area contributed by atoms with Crippen LogP contribution in [0.1, 0.15) is 47.3 Å². The van der Waals surface area contributed by atoms with Gasteiger partial charge in [-0.3, -0.25) is 9.59 Å². The number of β-lactam (4-membered cyclic amide) rings is 1. The summed E-state index contributed by atoms with van der Waals surface area (Å²) in [6, 6.07) is 6.52. The third-order valence-electron chi connectivity index (χ3n) is 5.35. The number of nitrogens with zero attached hydrogens (tertiary/aromatic N) is 4. The van der Waals surface area contributed by atoms with Crippen molar-refractivity contribution in [2.24, 2.45) is 5.41 Å². The molecule has 1 N–H and O–H groups in total. The zero-order valence-corrected chi connectivity index (χ0v) is 18.7. The number of benzene rings is 1. The van der Waals surface area contributed by atoms with Crippen molar-refractivity contribution < 1.29 is 14.3 Å². The van der Waals surface area contributed by atoms with Crippen molar-refractivity contribution in [3.63, 3.8) is 0 Å². The van der Waals surface area contributed by atoms with Crippen LogP contribution >= 0.6 is 11.6 Å². The van der Waals surface area contributed by atoms with Gasteiger partial charge in [-0.15, -0.1) is 0 Å². The first-order valence-corrected chi connectivity index (χ1v) is 10.3. The number of halogens is 1. The van der Waals surface area contributed by atoms with Crippen molar-refractivity contribution in [3.05, 3.63) is 41.9 Å². The first kappa shape index (κ1) is 22.1. The van der Waals surface area contributed by atoms with Crippen molar-refractivity contribution in [1.29, 1.82) is 0 Å². The number of carbonyl (C=O) groups is 2. The molecule has 1 saturated heterocycles. The quantitative estimate of drug-likeness (QED) is 0.678. The van der Waals surface area contributed by atoms with Crippen LogP contribution in [0.4, 0.5) is 0 Å². The van der Waals surface area contributed by atoms with Gasteiger partial charge in [0.15, 0.2) is 0 Å². The Morgan fingerprint density at radius 1 is 1.20 bits per heavy atom. The number of rotatable bonds is 7. The first-order valence-electron chi connectivity index (χ1n) is 9.88. The number of aromatic nitrogens is 3. The maximum absolute atomic E-state index is 13.2. The summed E-state index contributed by atoms with van der Waals surface area (Å²) < 4.78 is 7.82. The van der Waals surface area contributed by atoms with E-state index in [2.05, 4.69) is 15.4 Å². The first-order chi connectivity index (χ1) is 14.0. The number of hydrogen-bond donors (Lipinski definition) is 1. The molecule has 162 valence electrons. The van der Waals surface area contributed by atoms with Crippen molar-refractivity contribution in [3.8, 4) is 5.75 Å². The molecule has 2 atom stereocenters. The molecule has 8 nitrogen and oxygen atoms in total. The Morgan fingerprint density at radius 3 is 2.33 bits per heavy atom. The second kappa shape index (κ2) is 8.26. The third kappa shape index (κ3) is 4.59. The Hall–Kier alpha value is -2.61. The second-order valence-corrected chi connectivity index (χ2v) is 9.45. The van der Waals surface area contributed by atoms with Crippen LogP contribution in [-0.2, 0) is 9.59 Å². The molecule has 0 aliphatic carbocycles. The van der Waals surface area contributed by atoms with Gasteiger partial charge >= 0.3 is 0 Å². The van der Waals surface area contributed by atoms with Crippen LogP contribution in [0.15, 0.2) is 36.9 Å². The fraction of sp³-hybridized carbons (Fsp3) is 0.524. The summed E-state index contributed by atoms with van der Waals surface area (Å²) in [6.45, 7) is 10.1. The Morgan fingerprint density at radius 2 is 1.87 bits per heavy atom. The number of hydrogen-bond acceptors (Lipinski definition) is 5. The fourth-order valence-corrected chi connectivity index (χ4v) is 3.46. The van der Waals surface area contributed by atoms with Crippen LogP contribution in [0.5, 0.6) is 5.75 Å². The smallest absolute Gasteiger partial charge is 0.245 e. The predicted octanol–water partition coefficient (Wildman–Crippen LogP) is 3.05. The van der Waals surface area contributed by atoms with E-state index in [0.29, 0.717) is 23.7 Å². The molecule has 1 aliphatic rings. The standard InChI is InChI=1S/C21H28ClN5O3/c1-20(2,3)17(25-19(29)21(4,5)26-11-10-16(26)28)18(27-13-23-12-24-27)30-15-8-6-14(22)7-9-15/h6-9,12-13,17-18H,10-11H2,1-5H3,(H,25,29)/t17-,18+/m1/s1. The average Bonchev–Trinajstić information content (AvgIpc) is 3.17. The highest BCUT2D eigenvalue weighted by molar-refractivity contribution is 6.30. The van der Waals surface area contributed by atoms with E-state index in [1.165, 1.54) is 6.33 Å². The zero-order chi connectivity index (χ0) is 22.1. The van der Waals surface area contributed by atoms with Gasteiger partial charge in [-0.05, 0) is 43.5 Å². The van der Waals surface area contributed by atoms with Crippen LogP contribution in [0, 0.1) is 5.41 Å². The lowest BCUT2D eigenvalue weighted by molar-refractivity contribution is -0.155. The molecule has 30 heavy (non-hydrogen) atoms. The minimum absolute atomic E-state index is 0.0206. The molecule has 0 saturated carbocycles. The minimum atomic E-state index is -0.966. The molecular weight excluding hydrogens is 406 g/mol. The summed E-state index contributed by atoms with van der Waals surface area (Å²) in [5, 5.41) is 7.96. The zero-order valence-electron chi connectivity index (χ0n) is 17.9. The van der Waals surface area contributed by atoms with Crippen LogP contribution < -0.4 is 10.1 Å². The number of nitrogens with one attached hydrogen (secondary N) is 1. The van der Waals surface area contributed by atoms with Gasteiger partial charge in [0.25, 0.3) is 0 Å². The van der Waals surface area contributed by atoms with E-state index in [1.807, 2.05) is 20.8 Å². The largest absolute Gasteiger partial charge is 0.466 e. The van der Waals surface area contributed by atoms with E-state index < -0.39 is 23.2 Å². The number of likely N-dealkylation sites (tertiary alicyclic amines) is 1. The molecule has 2 aromatic rings. The molecule has 2 amide bonds. The van der Waals surface area contributed by atoms with Crippen molar-refractivity contribution >= 4 is 23.4 Å². The molecule has 1 fully saturated rings. The van der Waals surface area contributed by atoms with Crippen molar-refractivity contribution in [1.82, 2.24) is 25.0 Å². The van der Waals surface area contributed by atoms with Crippen LogP contribution in [-0.4, -0.2) is 49.6 Å². The molecule has 1 aromatic carbocycles. The van der Waals surface area contributed by atoms with E-state index in [-0.39, 0.29) is 11.8 Å². The van der Waals surface area contributed by atoms with E-state index in [0.717, 1.165) is 0 Å². The molecule has 0 bridgehead atoms. The van der Waals surface area contributed by atoms with Crippen LogP contribution in [0.3, 0.4) is 0 Å². The van der Waals surface area contributed by atoms with Gasteiger partial charge in [0, 0.05) is 18.0 Å². The van der Waals surface area contributed by atoms with Crippen molar-refractivity contribution in [2.45, 2.75) is 58.8 Å². The summed E-state index contributed by atoms with van der Waals surface area (Å²) >= 11 is 5.99. The Kier molecular flexibility index (Phi) is 6.08. The molecule has 2 heterocycles. The van der Waals surface area contributed by atoms with Crippen LogP contribution in [0.2, 0.25) is 5.02 Å². The van der Waals surface area contributed by atoms with E-state index in [1.54, 1.807) is 54.0 Å². The summed E-state index contributed by atoms with van der Waals surface area (Å²) in [5.74, 6) is 0.313. The van der Waals surface area contributed by atoms with Gasteiger partial charge in [-0.1, -0.05) is 32.4 Å². The monoisotopic (exact) mass is 433 g/mol. The summed E-state index contributed by atoms with van der Waals surface area (Å²) in [5.41, 5.74) is -1.36. The molecule has 1 aromatic heterocycles. The maximum Gasteiger partial charge on any atom is 0.245 e. The highest BCUT2D eigenvalue weighted by Gasteiger charge is 2.45. The highest BCUT2D eigenvalue weighted by Crippen LogP contribution is 2.32. The second-order valence-electron chi connectivity index (χ2n) is 9.01. The van der Waals surface area contributed by atoms with Gasteiger partial charge in [0.2, 0.25) is 18.0 Å². The molecule has 1 aliphatic heterocycles. The average molecular weight is 434 g/mol. The fourth-order valence-electron chi connectivity index (χ4n) is 3.34. The summed E-state index contributed by atoms with van der Waals surface area (Å²) in [6.07, 6.45) is 2.78. The number of carbonyl (C=O) groups excluding carboxylic acids is 2. The van der Waals surface area contributed by atoms with Gasteiger partial charge in [0.1, 0.15) is 23.9 Å². The predicted molar refractivity (Wildman–Crippen MR) is 113 cm³/mol. The Labute approximate surface area is 181 Å². The summed E-state index contributed by atoms with van der Waals surface area (Å²) in [4.78, 5) is 30.8. The SMILES string of the molecule is CC(C)(C)[C@H](NC(=O)C(C)(C)N1CCC1=O)[C@H](Oc1ccc(Cl)cc1)n1cncn1. The number of amides is 2. The molecule has 9 heteroatoms. The Bertz CT molecular complexity index is 890. The molecule has 0 unspecified atom stereocenters. The normalized spacial score (nSPS) is 16.6. The third-order valence-corrected chi connectivity index (χ3v) is 5.61. The Balaban J connectivity index is 1.90. The lowest BCUT2D eigenvalue weighted by Gasteiger charge is -2.45. The molecule has 0 spiro atoms. The van der Waals surface area contributed by atoms with Gasteiger partial charge in [0.05, 0.1) is 6.04 Å². The number of ether oxygens (including phenoxy) is 1. The lowest BCUT2D eigenvalue weighted by atomic mass is 9.84. The van der Waals surface area contributed by atoms with E-state index >= 15 is 0 Å². The van der Waals surface area contributed by atoms with Gasteiger partial charge in [-0.25, -0.2) is 9.67 Å². The van der Waals surface area contributed by atoms with Crippen LogP contribution in [0.25, 0.3) is 0 Å². The molecule has 3 rings (SSSR count). The highest BCUT2D eigenvalue weighted by atomic mass is 35.5. The summed E-state index contributed by atoms with van der Waals surface area (Å²) in [7, 11) is 0. The topological polar surface area (TPSA) is 89.4 Å².